The van der Waals surface area contributed by atoms with E-state index < -0.39 is 0 Å². The van der Waals surface area contributed by atoms with Gasteiger partial charge in [0.25, 0.3) is 0 Å². The van der Waals surface area contributed by atoms with E-state index in [0.29, 0.717) is 5.92 Å². The molecule has 1 aromatic rings. The number of aromatic nitrogens is 1. The number of likely N-dealkylation sites (N-methyl/N-ethyl adjacent to an activating group) is 1. The Morgan fingerprint density at radius 2 is 2.07 bits per heavy atom. The van der Waals surface area contributed by atoms with Gasteiger partial charge in [0.2, 0.25) is 0 Å². The van der Waals surface area contributed by atoms with Gasteiger partial charge in [-0.2, -0.15) is 0 Å². The van der Waals surface area contributed by atoms with E-state index >= 15 is 0 Å². The highest BCUT2D eigenvalue weighted by Gasteiger charge is 2.25. The van der Waals surface area contributed by atoms with Crippen LogP contribution in [0.3, 0.4) is 0 Å². The van der Waals surface area contributed by atoms with Crippen molar-refractivity contribution in [1.29, 1.82) is 0 Å². The minimum Gasteiger partial charge on any atom is -0.384 e. The lowest BCUT2D eigenvalue weighted by Crippen LogP contribution is -2.45. The number of methoxy groups -OCH3 is 1. The lowest BCUT2D eigenvalue weighted by molar-refractivity contribution is 0.157. The molecule has 2 aliphatic heterocycles. The number of pyridine rings is 1. The number of hydrogen-bond donors (Lipinski definition) is 1. The number of piperazine rings is 1. The predicted octanol–water partition coefficient (Wildman–Crippen LogP) is 1.50. The second-order valence-electron chi connectivity index (χ2n) is 7.23. The standard InChI is InChI=1S/C19H32N6O.HI/c1-20-19(25-8-6-16(14-25)15-26-3)22-13-17-5-4-7-21-18(17)24-11-9-23(2)10-12-24;/h4-5,7,16H,6,8-15H2,1-3H3,(H,20,22);1H. The number of likely N-dealkylation sites (tertiary alicyclic amines) is 1. The van der Waals surface area contributed by atoms with Gasteiger partial charge in [-0.1, -0.05) is 6.07 Å². The van der Waals surface area contributed by atoms with Crippen LogP contribution < -0.4 is 10.2 Å². The van der Waals surface area contributed by atoms with Gasteiger partial charge >= 0.3 is 0 Å². The number of halogens is 1. The zero-order valence-electron chi connectivity index (χ0n) is 16.7. The van der Waals surface area contributed by atoms with Crippen LogP contribution in [0.2, 0.25) is 0 Å². The first-order valence-electron chi connectivity index (χ1n) is 9.53. The van der Waals surface area contributed by atoms with Crippen molar-refractivity contribution in [3.05, 3.63) is 23.9 Å². The molecule has 2 saturated heterocycles. The number of aliphatic imine (C=N–C) groups is 1. The first-order valence-corrected chi connectivity index (χ1v) is 9.53. The lowest BCUT2D eigenvalue weighted by Gasteiger charge is -2.34. The summed E-state index contributed by atoms with van der Waals surface area (Å²) in [6.45, 7) is 7.83. The molecule has 1 aromatic heterocycles. The third-order valence-electron chi connectivity index (χ3n) is 5.31. The highest BCUT2D eigenvalue weighted by atomic mass is 127. The molecule has 27 heavy (non-hydrogen) atoms. The van der Waals surface area contributed by atoms with Gasteiger partial charge < -0.3 is 24.8 Å². The summed E-state index contributed by atoms with van der Waals surface area (Å²) in [6, 6.07) is 4.18. The fourth-order valence-electron chi connectivity index (χ4n) is 3.77. The molecule has 0 aromatic carbocycles. The molecule has 2 fully saturated rings. The van der Waals surface area contributed by atoms with Gasteiger partial charge in [-0.25, -0.2) is 4.98 Å². The topological polar surface area (TPSA) is 56.2 Å². The lowest BCUT2D eigenvalue weighted by atomic mass is 10.1. The molecule has 0 saturated carbocycles. The molecule has 1 atom stereocenters. The van der Waals surface area contributed by atoms with Gasteiger partial charge in [-0.3, -0.25) is 4.99 Å². The predicted molar refractivity (Wildman–Crippen MR) is 121 cm³/mol. The zero-order valence-corrected chi connectivity index (χ0v) is 19.1. The molecule has 8 heteroatoms. The van der Waals surface area contributed by atoms with Crippen LogP contribution in [0.1, 0.15) is 12.0 Å². The fraction of sp³-hybridized carbons (Fsp3) is 0.684. The number of nitrogens with one attached hydrogen (secondary N) is 1. The fourth-order valence-corrected chi connectivity index (χ4v) is 3.77. The maximum atomic E-state index is 5.30. The van der Waals surface area contributed by atoms with Crippen LogP contribution >= 0.6 is 24.0 Å². The maximum Gasteiger partial charge on any atom is 0.193 e. The second kappa shape index (κ2) is 11.0. The van der Waals surface area contributed by atoms with Crippen molar-refractivity contribution in [1.82, 2.24) is 20.1 Å². The van der Waals surface area contributed by atoms with Gasteiger partial charge in [0, 0.05) is 77.6 Å². The molecular weight excluding hydrogens is 455 g/mol. The molecular formula is C19H33IN6O. The van der Waals surface area contributed by atoms with Crippen molar-refractivity contribution < 1.29 is 4.74 Å². The minimum atomic E-state index is 0. The summed E-state index contributed by atoms with van der Waals surface area (Å²) in [6.07, 6.45) is 3.05. The Morgan fingerprint density at radius 1 is 1.30 bits per heavy atom. The van der Waals surface area contributed by atoms with Crippen LogP contribution in [0.5, 0.6) is 0 Å². The number of rotatable bonds is 5. The Hall–Kier alpha value is -1.13. The van der Waals surface area contributed by atoms with Crippen molar-refractivity contribution in [3.63, 3.8) is 0 Å². The first-order chi connectivity index (χ1) is 12.7. The molecule has 2 aliphatic rings. The SMILES string of the molecule is CN=C(NCc1cccnc1N1CCN(C)CC1)N1CCC(COC)C1.I. The van der Waals surface area contributed by atoms with Crippen LogP contribution in [0.4, 0.5) is 5.82 Å². The van der Waals surface area contributed by atoms with Gasteiger partial charge in [-0.05, 0) is 19.5 Å². The summed E-state index contributed by atoms with van der Waals surface area (Å²) < 4.78 is 5.30. The van der Waals surface area contributed by atoms with Gasteiger partial charge in [-0.15, -0.1) is 24.0 Å². The van der Waals surface area contributed by atoms with Gasteiger partial charge in [0.1, 0.15) is 5.82 Å². The number of ether oxygens (including phenoxy) is 1. The van der Waals surface area contributed by atoms with E-state index in [0.717, 1.165) is 70.6 Å². The number of nitrogens with zero attached hydrogens (tertiary/aromatic N) is 5. The van der Waals surface area contributed by atoms with E-state index in [1.165, 1.54) is 5.56 Å². The Labute approximate surface area is 180 Å². The van der Waals surface area contributed by atoms with Crippen LogP contribution in [-0.4, -0.2) is 87.8 Å². The Balaban J connectivity index is 0.00000261. The molecule has 152 valence electrons. The molecule has 3 rings (SSSR count). The first kappa shape index (κ1) is 22.2. The van der Waals surface area contributed by atoms with Crippen LogP contribution in [0, 0.1) is 5.92 Å². The number of anilines is 1. The highest BCUT2D eigenvalue weighted by molar-refractivity contribution is 14.0. The summed E-state index contributed by atoms with van der Waals surface area (Å²) >= 11 is 0. The van der Waals surface area contributed by atoms with Gasteiger partial charge in [0.15, 0.2) is 5.96 Å². The molecule has 1 unspecified atom stereocenters. The van der Waals surface area contributed by atoms with E-state index in [1.54, 1.807) is 7.11 Å². The van der Waals surface area contributed by atoms with Crippen LogP contribution in [-0.2, 0) is 11.3 Å². The molecule has 7 nitrogen and oxygen atoms in total. The van der Waals surface area contributed by atoms with E-state index in [9.17, 15) is 0 Å². The summed E-state index contributed by atoms with van der Waals surface area (Å²) in [5, 5.41) is 3.54. The van der Waals surface area contributed by atoms with E-state index in [4.69, 9.17) is 4.74 Å². The number of hydrogen-bond acceptors (Lipinski definition) is 5. The molecule has 3 heterocycles. The zero-order chi connectivity index (χ0) is 18.4. The van der Waals surface area contributed by atoms with Gasteiger partial charge in [0.05, 0.1) is 6.61 Å². The van der Waals surface area contributed by atoms with E-state index in [1.807, 2.05) is 19.3 Å². The Bertz CT molecular complexity index is 606. The average molecular weight is 488 g/mol. The summed E-state index contributed by atoms with van der Waals surface area (Å²) in [7, 11) is 5.81. The largest absolute Gasteiger partial charge is 0.384 e. The van der Waals surface area contributed by atoms with Crippen molar-refractivity contribution in [2.45, 2.75) is 13.0 Å². The van der Waals surface area contributed by atoms with E-state index in [-0.39, 0.29) is 24.0 Å². The summed E-state index contributed by atoms with van der Waals surface area (Å²) in [5.41, 5.74) is 1.23. The average Bonchev–Trinajstić information content (AvgIpc) is 3.12. The molecule has 0 amide bonds. The highest BCUT2D eigenvalue weighted by Crippen LogP contribution is 2.20. The second-order valence-corrected chi connectivity index (χ2v) is 7.23. The van der Waals surface area contributed by atoms with Crippen LogP contribution in [0.15, 0.2) is 23.3 Å². The summed E-state index contributed by atoms with van der Waals surface area (Å²) in [5.74, 6) is 2.66. The Morgan fingerprint density at radius 3 is 2.78 bits per heavy atom. The molecule has 1 N–H and O–H groups in total. The third-order valence-corrected chi connectivity index (χ3v) is 5.31. The normalized spacial score (nSPS) is 21.3. The number of guanidine groups is 1. The van der Waals surface area contributed by atoms with Crippen LogP contribution in [0.25, 0.3) is 0 Å². The van der Waals surface area contributed by atoms with Crippen molar-refractivity contribution in [2.75, 3.05) is 72.0 Å². The monoisotopic (exact) mass is 488 g/mol. The maximum absolute atomic E-state index is 5.30. The van der Waals surface area contributed by atoms with E-state index in [2.05, 4.69) is 43.1 Å². The molecule has 0 radical (unpaired) electrons. The smallest absolute Gasteiger partial charge is 0.193 e. The summed E-state index contributed by atoms with van der Waals surface area (Å²) in [4.78, 5) is 16.2. The molecule has 0 aliphatic carbocycles. The quantitative estimate of drug-likeness (QED) is 0.385. The Kier molecular flexibility index (Phi) is 9.04. The molecule has 0 bridgehead atoms. The van der Waals surface area contributed by atoms with Crippen molar-refractivity contribution in [2.24, 2.45) is 10.9 Å². The minimum absolute atomic E-state index is 0. The van der Waals surface area contributed by atoms with Crippen molar-refractivity contribution in [3.8, 4) is 0 Å². The third kappa shape index (κ3) is 5.92. The molecule has 0 spiro atoms. The van der Waals surface area contributed by atoms with Crippen molar-refractivity contribution >= 4 is 35.8 Å².